The van der Waals surface area contributed by atoms with Crippen molar-refractivity contribution in [2.75, 3.05) is 12.4 Å². The summed E-state index contributed by atoms with van der Waals surface area (Å²) < 4.78 is 10.5. The second-order valence-corrected chi connectivity index (χ2v) is 7.10. The molecule has 1 aliphatic rings. The number of hydrogen-bond acceptors (Lipinski definition) is 5. The third-order valence-corrected chi connectivity index (χ3v) is 4.33. The van der Waals surface area contributed by atoms with Gasteiger partial charge in [0.1, 0.15) is 23.0 Å². The number of methoxy groups -OCH3 is 1. The van der Waals surface area contributed by atoms with Crippen molar-refractivity contribution in [3.63, 3.8) is 0 Å². The molecule has 0 aliphatic carbocycles. The van der Waals surface area contributed by atoms with Crippen LogP contribution in [0.15, 0.2) is 48.0 Å². The Morgan fingerprint density at radius 1 is 1.21 bits per heavy atom. The van der Waals surface area contributed by atoms with Gasteiger partial charge >= 0.3 is 5.97 Å². The van der Waals surface area contributed by atoms with E-state index in [9.17, 15) is 14.9 Å². The number of hydrogen-bond donors (Lipinski definition) is 1. The van der Waals surface area contributed by atoms with Crippen molar-refractivity contribution in [1.82, 2.24) is 0 Å². The van der Waals surface area contributed by atoms with Crippen molar-refractivity contribution in [3.8, 4) is 11.8 Å². The third-order valence-electron chi connectivity index (χ3n) is 4.33. The molecule has 1 heterocycles. The Labute approximate surface area is 163 Å². The summed E-state index contributed by atoms with van der Waals surface area (Å²) in [6.07, 6.45) is 2.31. The predicted molar refractivity (Wildman–Crippen MR) is 105 cm³/mol. The van der Waals surface area contributed by atoms with Gasteiger partial charge in [0.15, 0.2) is 0 Å². The van der Waals surface area contributed by atoms with Crippen LogP contribution in [0.25, 0.3) is 6.08 Å². The van der Waals surface area contributed by atoms with Gasteiger partial charge in [-0.1, -0.05) is 6.07 Å². The number of benzene rings is 2. The molecule has 0 bridgehead atoms. The average molecular weight is 376 g/mol. The molecule has 2 aromatic rings. The number of carbonyl (C=O) groups excluding carboxylic acids is 2. The fourth-order valence-electron chi connectivity index (χ4n) is 3.04. The highest BCUT2D eigenvalue weighted by atomic mass is 16.5. The number of anilines is 1. The normalized spacial score (nSPS) is 14.4. The maximum absolute atomic E-state index is 12.4. The van der Waals surface area contributed by atoms with Crippen LogP contribution in [0.5, 0.6) is 5.75 Å². The first kappa shape index (κ1) is 19.2. The molecule has 6 heteroatoms. The summed E-state index contributed by atoms with van der Waals surface area (Å²) in [7, 11) is 1.30. The Kier molecular flexibility index (Phi) is 5.18. The first-order valence-corrected chi connectivity index (χ1v) is 8.75. The van der Waals surface area contributed by atoms with Gasteiger partial charge in [0.2, 0.25) is 0 Å². The summed E-state index contributed by atoms with van der Waals surface area (Å²) in [5.74, 6) is -0.152. The summed E-state index contributed by atoms with van der Waals surface area (Å²) in [6.45, 7) is 4.03. The van der Waals surface area contributed by atoms with Gasteiger partial charge in [-0.15, -0.1) is 0 Å². The average Bonchev–Trinajstić information content (AvgIpc) is 2.98. The molecule has 28 heavy (non-hydrogen) atoms. The lowest BCUT2D eigenvalue weighted by molar-refractivity contribution is -0.112. The Hall–Kier alpha value is -3.59. The highest BCUT2D eigenvalue weighted by Crippen LogP contribution is 2.35. The lowest BCUT2D eigenvalue weighted by atomic mass is 9.99. The van der Waals surface area contributed by atoms with Crippen molar-refractivity contribution >= 4 is 23.6 Å². The van der Waals surface area contributed by atoms with Gasteiger partial charge in [-0.05, 0) is 67.4 Å². The quantitative estimate of drug-likeness (QED) is 0.499. The molecule has 1 N–H and O–H groups in total. The second kappa shape index (κ2) is 7.57. The molecule has 142 valence electrons. The molecule has 6 nitrogen and oxygen atoms in total. The monoisotopic (exact) mass is 376 g/mol. The Morgan fingerprint density at radius 2 is 1.93 bits per heavy atom. The second-order valence-electron chi connectivity index (χ2n) is 7.10. The number of fused-ring (bicyclic) bond motifs is 1. The maximum Gasteiger partial charge on any atom is 0.337 e. The van der Waals surface area contributed by atoms with E-state index >= 15 is 0 Å². The molecular formula is C22H20N2O4. The Morgan fingerprint density at radius 3 is 2.57 bits per heavy atom. The van der Waals surface area contributed by atoms with E-state index in [4.69, 9.17) is 4.74 Å². The Balaban J connectivity index is 1.76. The van der Waals surface area contributed by atoms with E-state index in [0.717, 1.165) is 23.3 Å². The largest absolute Gasteiger partial charge is 0.487 e. The molecule has 0 saturated carbocycles. The van der Waals surface area contributed by atoms with Crippen LogP contribution in [0.1, 0.15) is 35.3 Å². The predicted octanol–water partition coefficient (Wildman–Crippen LogP) is 3.73. The number of nitrogens with one attached hydrogen (secondary N) is 1. The first-order chi connectivity index (χ1) is 13.3. The van der Waals surface area contributed by atoms with Crippen molar-refractivity contribution in [2.24, 2.45) is 0 Å². The van der Waals surface area contributed by atoms with Crippen LogP contribution >= 0.6 is 0 Å². The zero-order valence-electron chi connectivity index (χ0n) is 15.9. The van der Waals surface area contributed by atoms with Gasteiger partial charge in [-0.25, -0.2) is 4.79 Å². The first-order valence-electron chi connectivity index (χ1n) is 8.75. The molecule has 0 unspecified atom stereocenters. The van der Waals surface area contributed by atoms with Crippen LogP contribution in [-0.2, 0) is 16.0 Å². The van der Waals surface area contributed by atoms with E-state index in [1.165, 1.54) is 7.11 Å². The standard InChI is InChI=1S/C22H20N2O4/c1-22(2)12-16-10-14(4-9-19(16)28-22)11-17(13-23)20(25)24-18-7-5-15(6-8-18)21(26)27-3/h4-11H,12H2,1-3H3,(H,24,25)/b17-11-. The number of ether oxygens (including phenoxy) is 2. The van der Waals surface area contributed by atoms with Crippen LogP contribution in [0.3, 0.4) is 0 Å². The molecule has 0 saturated heterocycles. The van der Waals surface area contributed by atoms with Crippen LogP contribution in [0, 0.1) is 11.3 Å². The van der Waals surface area contributed by atoms with E-state index in [2.05, 4.69) is 10.1 Å². The van der Waals surface area contributed by atoms with Crippen molar-refractivity contribution < 1.29 is 19.1 Å². The lowest BCUT2D eigenvalue weighted by Gasteiger charge is -2.16. The summed E-state index contributed by atoms with van der Waals surface area (Å²) in [5, 5.41) is 12.1. The van der Waals surface area contributed by atoms with Crippen molar-refractivity contribution in [3.05, 3.63) is 64.7 Å². The van der Waals surface area contributed by atoms with Gasteiger partial charge in [0.25, 0.3) is 5.91 Å². The van der Waals surface area contributed by atoms with Crippen molar-refractivity contribution in [1.29, 1.82) is 5.26 Å². The summed E-state index contributed by atoms with van der Waals surface area (Å²) in [4.78, 5) is 23.9. The summed E-state index contributed by atoms with van der Waals surface area (Å²) in [6, 6.07) is 13.8. The minimum absolute atomic E-state index is 0.0184. The molecule has 3 rings (SSSR count). The third kappa shape index (κ3) is 4.21. The molecule has 0 aromatic heterocycles. The fourth-order valence-corrected chi connectivity index (χ4v) is 3.04. The number of nitriles is 1. The van der Waals surface area contributed by atoms with Gasteiger partial charge < -0.3 is 14.8 Å². The van der Waals surface area contributed by atoms with E-state index in [0.29, 0.717) is 11.3 Å². The minimum Gasteiger partial charge on any atom is -0.487 e. The maximum atomic E-state index is 12.4. The number of nitrogens with zero attached hydrogens (tertiary/aromatic N) is 1. The van der Waals surface area contributed by atoms with Crippen LogP contribution < -0.4 is 10.1 Å². The van der Waals surface area contributed by atoms with Gasteiger partial charge in [-0.2, -0.15) is 5.26 Å². The zero-order valence-corrected chi connectivity index (χ0v) is 15.9. The topological polar surface area (TPSA) is 88.4 Å². The van der Waals surface area contributed by atoms with Crippen LogP contribution in [0.4, 0.5) is 5.69 Å². The summed E-state index contributed by atoms with van der Waals surface area (Å²) in [5.41, 5.74) is 2.39. The minimum atomic E-state index is -0.523. The van der Waals surface area contributed by atoms with E-state index in [1.807, 2.05) is 38.1 Å². The molecule has 1 amide bonds. The van der Waals surface area contributed by atoms with Crippen LogP contribution in [-0.4, -0.2) is 24.6 Å². The van der Waals surface area contributed by atoms with Gasteiger partial charge in [0, 0.05) is 12.1 Å². The number of rotatable bonds is 4. The summed E-state index contributed by atoms with van der Waals surface area (Å²) >= 11 is 0. The molecule has 2 aromatic carbocycles. The van der Waals surface area contributed by atoms with Crippen LogP contribution in [0.2, 0.25) is 0 Å². The Bertz CT molecular complexity index is 998. The zero-order chi connectivity index (χ0) is 20.3. The molecular weight excluding hydrogens is 356 g/mol. The van der Waals surface area contributed by atoms with Gasteiger partial charge in [0.05, 0.1) is 12.7 Å². The fraction of sp³-hybridized carbons (Fsp3) is 0.227. The molecule has 0 atom stereocenters. The molecule has 0 spiro atoms. The SMILES string of the molecule is COC(=O)c1ccc(NC(=O)/C(C#N)=C\c2ccc3c(c2)CC(C)(C)O3)cc1. The number of carbonyl (C=O) groups is 2. The van der Waals surface area contributed by atoms with E-state index in [-0.39, 0.29) is 11.2 Å². The number of amides is 1. The lowest BCUT2D eigenvalue weighted by Crippen LogP contribution is -2.24. The highest BCUT2D eigenvalue weighted by molar-refractivity contribution is 6.09. The van der Waals surface area contributed by atoms with E-state index in [1.54, 1.807) is 30.3 Å². The smallest absolute Gasteiger partial charge is 0.337 e. The number of esters is 1. The molecule has 1 aliphatic heterocycles. The van der Waals surface area contributed by atoms with Gasteiger partial charge in [-0.3, -0.25) is 4.79 Å². The highest BCUT2D eigenvalue weighted by Gasteiger charge is 2.29. The molecule has 0 radical (unpaired) electrons. The van der Waals surface area contributed by atoms with Crippen molar-refractivity contribution in [2.45, 2.75) is 25.9 Å². The molecule has 0 fully saturated rings. The van der Waals surface area contributed by atoms with E-state index < -0.39 is 11.9 Å².